The van der Waals surface area contributed by atoms with Crippen LogP contribution in [0.2, 0.25) is 0 Å². The molecule has 1 fully saturated rings. The molecule has 1 aliphatic rings. The molecule has 0 saturated carbocycles. The highest BCUT2D eigenvalue weighted by Gasteiger charge is 2.27. The second-order valence-electron chi connectivity index (χ2n) is 4.75. The Morgan fingerprint density at radius 2 is 2.05 bits per heavy atom. The molecule has 3 N–H and O–H groups in total. The van der Waals surface area contributed by atoms with Gasteiger partial charge >= 0.3 is 0 Å². The van der Waals surface area contributed by atoms with Crippen LogP contribution in [0.15, 0.2) is 16.3 Å². The summed E-state index contributed by atoms with van der Waals surface area (Å²) in [5.74, 6) is 0. The van der Waals surface area contributed by atoms with E-state index in [0.717, 1.165) is 17.8 Å². The summed E-state index contributed by atoms with van der Waals surface area (Å²) in [7, 11) is -3.41. The number of hydrogen-bond donors (Lipinski definition) is 2. The molecular formula is C12H21N3O3S2. The number of rotatable bonds is 5. The lowest BCUT2D eigenvalue weighted by Gasteiger charge is -2.20. The third kappa shape index (κ3) is 3.57. The molecule has 8 heteroatoms. The molecule has 0 radical (unpaired) electrons. The number of β-amino-alcohol motifs (C(OH)–C–C–N with tert-alkyl or cyclic N) is 1. The number of aliphatic hydroxyl groups excluding tert-OH is 1. The molecule has 0 amide bonds. The van der Waals surface area contributed by atoms with E-state index in [0.29, 0.717) is 36.9 Å². The first kappa shape index (κ1) is 15.9. The molecule has 114 valence electrons. The fourth-order valence-corrected chi connectivity index (χ4v) is 5.14. The van der Waals surface area contributed by atoms with Crippen LogP contribution in [-0.4, -0.2) is 62.1 Å². The van der Waals surface area contributed by atoms with E-state index in [-0.39, 0.29) is 6.61 Å². The van der Waals surface area contributed by atoms with E-state index >= 15 is 0 Å². The summed E-state index contributed by atoms with van der Waals surface area (Å²) in [6.07, 6.45) is 0.786. The number of hydrogen-bond acceptors (Lipinski definition) is 6. The molecule has 0 unspecified atom stereocenters. The first-order valence-electron chi connectivity index (χ1n) is 6.70. The fraction of sp³-hybridized carbons (Fsp3) is 0.667. The Morgan fingerprint density at radius 3 is 2.70 bits per heavy atom. The molecule has 1 aromatic rings. The van der Waals surface area contributed by atoms with E-state index < -0.39 is 10.0 Å². The Kier molecular flexibility index (Phi) is 5.53. The summed E-state index contributed by atoms with van der Waals surface area (Å²) in [5.41, 5.74) is 5.53. The van der Waals surface area contributed by atoms with Gasteiger partial charge in [-0.15, -0.1) is 11.3 Å². The highest BCUT2D eigenvalue weighted by atomic mass is 32.2. The second kappa shape index (κ2) is 6.97. The van der Waals surface area contributed by atoms with E-state index in [4.69, 9.17) is 10.8 Å². The third-order valence-electron chi connectivity index (χ3n) is 3.40. The predicted octanol–water partition coefficient (Wildman–Crippen LogP) is -0.104. The summed E-state index contributed by atoms with van der Waals surface area (Å²) < 4.78 is 27.0. The quantitative estimate of drug-likeness (QED) is 0.791. The topological polar surface area (TPSA) is 86.9 Å². The van der Waals surface area contributed by atoms with Gasteiger partial charge in [0.2, 0.25) is 0 Å². The minimum Gasteiger partial charge on any atom is -0.395 e. The molecule has 20 heavy (non-hydrogen) atoms. The molecular weight excluding hydrogens is 298 g/mol. The van der Waals surface area contributed by atoms with Crippen molar-refractivity contribution in [3.63, 3.8) is 0 Å². The maximum atomic E-state index is 12.6. The monoisotopic (exact) mass is 319 g/mol. The van der Waals surface area contributed by atoms with Gasteiger partial charge < -0.3 is 10.8 Å². The predicted molar refractivity (Wildman–Crippen MR) is 79.1 cm³/mol. The van der Waals surface area contributed by atoms with Crippen molar-refractivity contribution in [3.05, 3.63) is 17.0 Å². The van der Waals surface area contributed by atoms with Crippen LogP contribution < -0.4 is 5.73 Å². The van der Waals surface area contributed by atoms with E-state index in [9.17, 15) is 8.42 Å². The first-order valence-corrected chi connectivity index (χ1v) is 8.95. The van der Waals surface area contributed by atoms with Crippen LogP contribution in [0.25, 0.3) is 0 Å². The average molecular weight is 319 g/mol. The average Bonchev–Trinajstić information content (AvgIpc) is 2.80. The van der Waals surface area contributed by atoms with Crippen LogP contribution in [0.5, 0.6) is 0 Å². The SMILES string of the molecule is NCc1ccc(S(=O)(=O)N2CCCN(CCO)CC2)s1. The Labute approximate surface area is 123 Å². The van der Waals surface area contributed by atoms with Gasteiger partial charge in [0.05, 0.1) is 6.61 Å². The van der Waals surface area contributed by atoms with E-state index in [1.807, 2.05) is 0 Å². The molecule has 1 aliphatic heterocycles. The minimum atomic E-state index is -3.41. The van der Waals surface area contributed by atoms with Crippen molar-refractivity contribution in [2.24, 2.45) is 5.73 Å². The summed E-state index contributed by atoms with van der Waals surface area (Å²) in [4.78, 5) is 2.97. The van der Waals surface area contributed by atoms with Crippen LogP contribution >= 0.6 is 11.3 Å². The lowest BCUT2D eigenvalue weighted by Crippen LogP contribution is -2.35. The van der Waals surface area contributed by atoms with Crippen molar-refractivity contribution >= 4 is 21.4 Å². The van der Waals surface area contributed by atoms with Crippen molar-refractivity contribution in [2.75, 3.05) is 39.3 Å². The second-order valence-corrected chi connectivity index (χ2v) is 8.08. The number of thiophene rings is 1. The van der Waals surface area contributed by atoms with Gasteiger partial charge in [0.15, 0.2) is 0 Å². The van der Waals surface area contributed by atoms with Gasteiger partial charge in [-0.25, -0.2) is 8.42 Å². The van der Waals surface area contributed by atoms with Crippen molar-refractivity contribution in [2.45, 2.75) is 17.2 Å². The van der Waals surface area contributed by atoms with Gasteiger partial charge in [0, 0.05) is 37.6 Å². The van der Waals surface area contributed by atoms with Crippen LogP contribution in [0.4, 0.5) is 0 Å². The summed E-state index contributed by atoms with van der Waals surface area (Å²) in [6, 6.07) is 3.41. The highest BCUT2D eigenvalue weighted by molar-refractivity contribution is 7.91. The van der Waals surface area contributed by atoms with Crippen LogP contribution in [0.1, 0.15) is 11.3 Å². The molecule has 1 aromatic heterocycles. The number of aliphatic hydroxyl groups is 1. The van der Waals surface area contributed by atoms with E-state index in [2.05, 4.69) is 4.90 Å². The van der Waals surface area contributed by atoms with Crippen molar-refractivity contribution in [3.8, 4) is 0 Å². The first-order chi connectivity index (χ1) is 9.57. The summed E-state index contributed by atoms with van der Waals surface area (Å²) in [5, 5.41) is 8.96. The number of nitrogens with zero attached hydrogens (tertiary/aromatic N) is 2. The zero-order valence-electron chi connectivity index (χ0n) is 11.4. The van der Waals surface area contributed by atoms with Crippen LogP contribution in [0, 0.1) is 0 Å². The van der Waals surface area contributed by atoms with Crippen LogP contribution in [0.3, 0.4) is 0 Å². The molecule has 1 saturated heterocycles. The molecule has 2 heterocycles. The Balaban J connectivity index is 2.09. The Hall–Kier alpha value is -0.510. The Bertz CT molecular complexity index is 530. The molecule has 2 rings (SSSR count). The van der Waals surface area contributed by atoms with Gasteiger partial charge in [-0.1, -0.05) is 0 Å². The van der Waals surface area contributed by atoms with Crippen molar-refractivity contribution in [1.29, 1.82) is 0 Å². The lowest BCUT2D eigenvalue weighted by atomic mass is 10.4. The molecule has 0 bridgehead atoms. The molecule has 0 aliphatic carbocycles. The third-order valence-corrected chi connectivity index (χ3v) is 6.87. The molecule has 0 aromatic carbocycles. The van der Waals surface area contributed by atoms with E-state index in [1.54, 1.807) is 12.1 Å². The van der Waals surface area contributed by atoms with Gasteiger partial charge in [-0.3, -0.25) is 4.90 Å². The maximum Gasteiger partial charge on any atom is 0.252 e. The smallest absolute Gasteiger partial charge is 0.252 e. The fourth-order valence-electron chi connectivity index (χ4n) is 2.29. The highest BCUT2D eigenvalue weighted by Crippen LogP contribution is 2.25. The minimum absolute atomic E-state index is 0.109. The molecule has 0 spiro atoms. The van der Waals surface area contributed by atoms with Crippen molar-refractivity contribution in [1.82, 2.24) is 9.21 Å². The van der Waals surface area contributed by atoms with Gasteiger partial charge in [0.1, 0.15) is 4.21 Å². The lowest BCUT2D eigenvalue weighted by molar-refractivity contribution is 0.202. The maximum absolute atomic E-state index is 12.6. The summed E-state index contributed by atoms with van der Waals surface area (Å²) in [6.45, 7) is 3.56. The molecule has 6 nitrogen and oxygen atoms in total. The normalized spacial score (nSPS) is 19.1. The number of nitrogens with two attached hydrogens (primary N) is 1. The molecule has 0 atom stereocenters. The van der Waals surface area contributed by atoms with E-state index in [1.165, 1.54) is 15.6 Å². The van der Waals surface area contributed by atoms with Gasteiger partial charge in [-0.2, -0.15) is 4.31 Å². The summed E-state index contributed by atoms with van der Waals surface area (Å²) >= 11 is 1.24. The Morgan fingerprint density at radius 1 is 1.25 bits per heavy atom. The van der Waals surface area contributed by atoms with Gasteiger partial charge in [0.25, 0.3) is 10.0 Å². The zero-order valence-corrected chi connectivity index (χ0v) is 13.0. The zero-order chi connectivity index (χ0) is 14.6. The largest absolute Gasteiger partial charge is 0.395 e. The van der Waals surface area contributed by atoms with Crippen LogP contribution in [-0.2, 0) is 16.6 Å². The number of sulfonamides is 1. The standard InChI is InChI=1S/C12H21N3O3S2/c13-10-11-2-3-12(19-11)20(17,18)15-5-1-4-14(6-7-15)8-9-16/h2-3,16H,1,4-10,13H2. The van der Waals surface area contributed by atoms with Crippen molar-refractivity contribution < 1.29 is 13.5 Å². The van der Waals surface area contributed by atoms with Gasteiger partial charge in [-0.05, 0) is 25.1 Å².